The largest absolute Gasteiger partial charge is 0.489 e. The van der Waals surface area contributed by atoms with E-state index in [-0.39, 0.29) is 18.1 Å². The highest BCUT2D eigenvalue weighted by molar-refractivity contribution is 6.13. The highest BCUT2D eigenvalue weighted by Crippen LogP contribution is 2.19. The standard InChI is InChI=1S/C25H22N2O3/c1-18-7-9-21(10-8-18)17-30-22-13-11-19(12-14-22)15-23-24(28)27(25(29)26-23)16-20-5-3-2-4-6-20/h2-15H,16-17H2,1H3,(H,26,29)/b23-15+. The molecule has 4 rings (SSSR count). The molecule has 1 N–H and O–H groups in total. The summed E-state index contributed by atoms with van der Waals surface area (Å²) in [6, 6.07) is 24.6. The smallest absolute Gasteiger partial charge is 0.329 e. The van der Waals surface area contributed by atoms with E-state index < -0.39 is 6.03 Å². The fourth-order valence-electron chi connectivity index (χ4n) is 3.16. The molecule has 0 spiro atoms. The van der Waals surface area contributed by atoms with Crippen molar-refractivity contribution in [2.45, 2.75) is 20.1 Å². The molecule has 150 valence electrons. The van der Waals surface area contributed by atoms with Crippen molar-refractivity contribution in [1.82, 2.24) is 10.2 Å². The molecule has 0 saturated carbocycles. The molecule has 5 nitrogen and oxygen atoms in total. The summed E-state index contributed by atoms with van der Waals surface area (Å²) in [6.07, 6.45) is 1.68. The lowest BCUT2D eigenvalue weighted by atomic mass is 10.1. The molecule has 1 saturated heterocycles. The van der Waals surface area contributed by atoms with E-state index >= 15 is 0 Å². The van der Waals surface area contributed by atoms with Gasteiger partial charge in [-0.25, -0.2) is 4.79 Å². The van der Waals surface area contributed by atoms with Crippen LogP contribution in [0.5, 0.6) is 5.75 Å². The van der Waals surface area contributed by atoms with Crippen LogP contribution in [-0.4, -0.2) is 16.8 Å². The van der Waals surface area contributed by atoms with Gasteiger partial charge < -0.3 is 10.1 Å². The first-order chi connectivity index (χ1) is 14.6. The van der Waals surface area contributed by atoms with Gasteiger partial charge in [0.25, 0.3) is 5.91 Å². The summed E-state index contributed by atoms with van der Waals surface area (Å²) in [5, 5.41) is 2.66. The lowest BCUT2D eigenvalue weighted by molar-refractivity contribution is -0.123. The fraction of sp³-hybridized carbons (Fsp3) is 0.120. The van der Waals surface area contributed by atoms with Crippen LogP contribution in [0.3, 0.4) is 0 Å². The Kier molecular flexibility index (Phi) is 5.61. The van der Waals surface area contributed by atoms with Gasteiger partial charge in [-0.1, -0.05) is 72.3 Å². The van der Waals surface area contributed by atoms with Crippen molar-refractivity contribution >= 4 is 18.0 Å². The third kappa shape index (κ3) is 4.58. The molecule has 0 aliphatic carbocycles. The van der Waals surface area contributed by atoms with Crippen LogP contribution in [0.1, 0.15) is 22.3 Å². The Hall–Kier alpha value is -3.86. The molecule has 5 heteroatoms. The minimum atomic E-state index is -0.409. The van der Waals surface area contributed by atoms with Gasteiger partial charge in [-0.15, -0.1) is 0 Å². The molecule has 3 aromatic carbocycles. The SMILES string of the molecule is Cc1ccc(COc2ccc(/C=C3/NC(=O)N(Cc4ccccc4)C3=O)cc2)cc1. The van der Waals surface area contributed by atoms with E-state index in [0.29, 0.717) is 6.61 Å². The number of ether oxygens (including phenoxy) is 1. The summed E-state index contributed by atoms with van der Waals surface area (Å²) < 4.78 is 5.81. The Bertz CT molecular complexity index is 1070. The number of urea groups is 1. The number of nitrogens with one attached hydrogen (secondary N) is 1. The average Bonchev–Trinajstić information content (AvgIpc) is 3.02. The molecule has 0 radical (unpaired) electrons. The number of aryl methyl sites for hydroxylation is 1. The Morgan fingerprint density at radius 2 is 1.57 bits per heavy atom. The monoisotopic (exact) mass is 398 g/mol. The molecule has 1 heterocycles. The van der Waals surface area contributed by atoms with Gasteiger partial charge in [-0.05, 0) is 41.8 Å². The summed E-state index contributed by atoms with van der Waals surface area (Å²) in [7, 11) is 0. The minimum absolute atomic E-state index is 0.245. The van der Waals surface area contributed by atoms with Crippen LogP contribution in [0.25, 0.3) is 6.08 Å². The summed E-state index contributed by atoms with van der Waals surface area (Å²) in [4.78, 5) is 26.1. The van der Waals surface area contributed by atoms with Crippen molar-refractivity contribution in [3.8, 4) is 5.75 Å². The van der Waals surface area contributed by atoms with Gasteiger partial charge in [-0.3, -0.25) is 9.69 Å². The number of hydrogen-bond acceptors (Lipinski definition) is 3. The summed E-state index contributed by atoms with van der Waals surface area (Å²) >= 11 is 0. The summed E-state index contributed by atoms with van der Waals surface area (Å²) in [5.74, 6) is 0.411. The number of carbonyl (C=O) groups is 2. The molecule has 1 fully saturated rings. The number of carbonyl (C=O) groups excluding carboxylic acids is 2. The lowest BCUT2D eigenvalue weighted by Gasteiger charge is -2.11. The maximum absolute atomic E-state index is 12.6. The number of nitrogens with zero attached hydrogens (tertiary/aromatic N) is 1. The second-order valence-corrected chi connectivity index (χ2v) is 7.21. The van der Waals surface area contributed by atoms with E-state index in [4.69, 9.17) is 4.74 Å². The zero-order valence-electron chi connectivity index (χ0n) is 16.7. The van der Waals surface area contributed by atoms with Gasteiger partial charge in [0.2, 0.25) is 0 Å². The van der Waals surface area contributed by atoms with Gasteiger partial charge >= 0.3 is 6.03 Å². The fourth-order valence-corrected chi connectivity index (χ4v) is 3.16. The number of imide groups is 1. The van der Waals surface area contributed by atoms with Crippen LogP contribution in [0.2, 0.25) is 0 Å². The zero-order chi connectivity index (χ0) is 20.9. The molecular formula is C25H22N2O3. The normalized spacial score (nSPS) is 14.8. The van der Waals surface area contributed by atoms with Gasteiger partial charge in [0.05, 0.1) is 6.54 Å². The Balaban J connectivity index is 1.40. The number of amides is 3. The molecule has 0 atom stereocenters. The first-order valence-corrected chi connectivity index (χ1v) is 9.75. The third-order valence-electron chi connectivity index (χ3n) is 4.86. The van der Waals surface area contributed by atoms with Crippen LogP contribution in [0, 0.1) is 6.92 Å². The molecule has 3 aromatic rings. The molecule has 1 aliphatic rings. The second kappa shape index (κ2) is 8.66. The molecule has 0 bridgehead atoms. The predicted molar refractivity (Wildman–Crippen MR) is 115 cm³/mol. The van der Waals surface area contributed by atoms with E-state index in [2.05, 4.69) is 24.4 Å². The highest BCUT2D eigenvalue weighted by atomic mass is 16.5. The topological polar surface area (TPSA) is 58.6 Å². The van der Waals surface area contributed by atoms with Gasteiger partial charge in [0.1, 0.15) is 18.1 Å². The zero-order valence-corrected chi connectivity index (χ0v) is 16.7. The van der Waals surface area contributed by atoms with Gasteiger partial charge in [0, 0.05) is 0 Å². The van der Waals surface area contributed by atoms with Crippen LogP contribution >= 0.6 is 0 Å². The van der Waals surface area contributed by atoms with Crippen LogP contribution in [0.4, 0.5) is 4.79 Å². The second-order valence-electron chi connectivity index (χ2n) is 7.21. The summed E-state index contributed by atoms with van der Waals surface area (Å²) in [5.41, 5.74) is 4.29. The quantitative estimate of drug-likeness (QED) is 0.485. The van der Waals surface area contributed by atoms with Crippen molar-refractivity contribution < 1.29 is 14.3 Å². The molecular weight excluding hydrogens is 376 g/mol. The predicted octanol–water partition coefficient (Wildman–Crippen LogP) is 4.67. The van der Waals surface area contributed by atoms with Crippen molar-refractivity contribution in [1.29, 1.82) is 0 Å². The molecule has 1 aliphatic heterocycles. The maximum Gasteiger partial charge on any atom is 0.329 e. The van der Waals surface area contributed by atoms with E-state index in [1.165, 1.54) is 10.5 Å². The molecule has 0 unspecified atom stereocenters. The number of hydrogen-bond donors (Lipinski definition) is 1. The lowest BCUT2D eigenvalue weighted by Crippen LogP contribution is -2.30. The van der Waals surface area contributed by atoms with E-state index in [9.17, 15) is 9.59 Å². The van der Waals surface area contributed by atoms with Crippen LogP contribution in [-0.2, 0) is 17.9 Å². The average molecular weight is 398 g/mol. The van der Waals surface area contributed by atoms with E-state index in [1.807, 2.05) is 66.7 Å². The van der Waals surface area contributed by atoms with Crippen molar-refractivity contribution in [2.75, 3.05) is 0 Å². The first kappa shape index (κ1) is 19.5. The van der Waals surface area contributed by atoms with Crippen LogP contribution in [0.15, 0.2) is 84.6 Å². The number of rotatable bonds is 6. The highest BCUT2D eigenvalue weighted by Gasteiger charge is 2.33. The van der Waals surface area contributed by atoms with E-state index in [1.54, 1.807) is 6.08 Å². The Labute approximate surface area is 175 Å². The summed E-state index contributed by atoms with van der Waals surface area (Å²) in [6.45, 7) is 2.79. The maximum atomic E-state index is 12.6. The van der Waals surface area contributed by atoms with Gasteiger partial charge in [0.15, 0.2) is 0 Å². The first-order valence-electron chi connectivity index (χ1n) is 9.75. The minimum Gasteiger partial charge on any atom is -0.489 e. The van der Waals surface area contributed by atoms with Crippen LogP contribution < -0.4 is 10.1 Å². The Morgan fingerprint density at radius 3 is 2.27 bits per heavy atom. The van der Waals surface area contributed by atoms with Crippen molar-refractivity contribution in [2.24, 2.45) is 0 Å². The Morgan fingerprint density at radius 1 is 0.867 bits per heavy atom. The van der Waals surface area contributed by atoms with Gasteiger partial charge in [-0.2, -0.15) is 0 Å². The molecule has 30 heavy (non-hydrogen) atoms. The molecule has 3 amide bonds. The third-order valence-corrected chi connectivity index (χ3v) is 4.86. The van der Waals surface area contributed by atoms with Crippen molar-refractivity contribution in [3.63, 3.8) is 0 Å². The van der Waals surface area contributed by atoms with E-state index in [0.717, 1.165) is 22.4 Å². The molecule has 0 aromatic heterocycles. The number of benzene rings is 3. The van der Waals surface area contributed by atoms with Crippen molar-refractivity contribution in [3.05, 3.63) is 107 Å².